The minimum Gasteiger partial charge on any atom is -0.374 e. The van der Waals surface area contributed by atoms with E-state index in [1.807, 2.05) is 0 Å². The normalized spacial score (nSPS) is 35.7. The Balaban J connectivity index is 1.63. The Morgan fingerprint density at radius 1 is 1.50 bits per heavy atom. The summed E-state index contributed by atoms with van der Waals surface area (Å²) in [7, 11) is -2.81. The smallest absolute Gasteiger partial charge is 0.153 e. The first-order valence-corrected chi connectivity index (χ1v) is 8.60. The van der Waals surface area contributed by atoms with E-state index in [4.69, 9.17) is 4.74 Å². The summed E-state index contributed by atoms with van der Waals surface area (Å²) in [6.45, 7) is 5.28. The summed E-state index contributed by atoms with van der Waals surface area (Å²) in [6, 6.07) is 0.105. The molecule has 2 heterocycles. The molecule has 0 saturated carbocycles. The highest BCUT2D eigenvalue weighted by Gasteiger charge is 2.29. The molecule has 6 heteroatoms. The Bertz CT molecular complexity index is 364. The van der Waals surface area contributed by atoms with Gasteiger partial charge in [0.15, 0.2) is 9.84 Å². The number of sulfone groups is 1. The van der Waals surface area contributed by atoms with Crippen molar-refractivity contribution < 1.29 is 13.2 Å². The highest BCUT2D eigenvalue weighted by molar-refractivity contribution is 7.91. The van der Waals surface area contributed by atoms with Gasteiger partial charge in [0.2, 0.25) is 0 Å². The van der Waals surface area contributed by atoms with Gasteiger partial charge in [0.1, 0.15) is 0 Å². The molecule has 2 fully saturated rings. The van der Waals surface area contributed by atoms with Crippen molar-refractivity contribution >= 4 is 9.84 Å². The van der Waals surface area contributed by atoms with Crippen LogP contribution in [0.3, 0.4) is 0 Å². The van der Waals surface area contributed by atoms with Gasteiger partial charge in [-0.1, -0.05) is 0 Å². The van der Waals surface area contributed by atoms with Crippen LogP contribution in [0.2, 0.25) is 0 Å². The van der Waals surface area contributed by atoms with E-state index in [2.05, 4.69) is 17.6 Å². The Morgan fingerprint density at radius 2 is 2.33 bits per heavy atom. The van der Waals surface area contributed by atoms with Crippen molar-refractivity contribution in [3.05, 3.63) is 0 Å². The lowest BCUT2D eigenvalue weighted by atomic mass is 10.0. The molecule has 2 unspecified atom stereocenters. The topological polar surface area (TPSA) is 67.4 Å². The quantitative estimate of drug-likeness (QED) is 0.688. The van der Waals surface area contributed by atoms with E-state index in [1.54, 1.807) is 0 Å². The van der Waals surface area contributed by atoms with Crippen LogP contribution in [0, 0.1) is 0 Å². The van der Waals surface area contributed by atoms with Gasteiger partial charge in [0, 0.05) is 25.7 Å². The van der Waals surface area contributed by atoms with E-state index in [0.29, 0.717) is 6.54 Å². The van der Waals surface area contributed by atoms with Crippen molar-refractivity contribution in [2.45, 2.75) is 37.8 Å². The van der Waals surface area contributed by atoms with Crippen LogP contribution < -0.4 is 10.6 Å². The number of ether oxygens (including phenoxy) is 1. The lowest BCUT2D eigenvalue weighted by Gasteiger charge is -2.26. The molecule has 0 aromatic rings. The highest BCUT2D eigenvalue weighted by Crippen LogP contribution is 2.23. The van der Waals surface area contributed by atoms with Crippen LogP contribution in [-0.2, 0) is 14.6 Å². The van der Waals surface area contributed by atoms with Crippen LogP contribution >= 0.6 is 0 Å². The summed E-state index contributed by atoms with van der Waals surface area (Å²) in [5, 5.41) is 6.64. The summed E-state index contributed by atoms with van der Waals surface area (Å²) in [5.41, 5.74) is -0.0218. The third-order valence-corrected chi connectivity index (χ3v) is 5.51. The summed E-state index contributed by atoms with van der Waals surface area (Å²) in [4.78, 5) is 0. The van der Waals surface area contributed by atoms with E-state index < -0.39 is 9.84 Å². The van der Waals surface area contributed by atoms with Gasteiger partial charge in [-0.25, -0.2) is 8.42 Å². The van der Waals surface area contributed by atoms with Crippen molar-refractivity contribution in [1.29, 1.82) is 0 Å². The predicted octanol–water partition coefficient (Wildman–Crippen LogP) is -0.0782. The lowest BCUT2D eigenvalue weighted by molar-refractivity contribution is 0.0209. The van der Waals surface area contributed by atoms with Gasteiger partial charge in [0.05, 0.1) is 17.1 Å². The molecule has 106 valence electrons. The molecule has 2 rings (SSSR count). The van der Waals surface area contributed by atoms with Crippen LogP contribution in [-0.4, -0.2) is 57.8 Å². The fourth-order valence-corrected chi connectivity index (χ4v) is 4.15. The molecule has 2 atom stereocenters. The Morgan fingerprint density at radius 3 is 3.00 bits per heavy atom. The fourth-order valence-electron chi connectivity index (χ4n) is 2.66. The Labute approximate surface area is 110 Å². The molecule has 0 aliphatic carbocycles. The summed E-state index contributed by atoms with van der Waals surface area (Å²) < 4.78 is 28.6. The number of hydrogen-bond acceptors (Lipinski definition) is 5. The molecule has 0 amide bonds. The maximum absolute atomic E-state index is 11.5. The van der Waals surface area contributed by atoms with Gasteiger partial charge in [-0.15, -0.1) is 0 Å². The molecular formula is C12H24N2O3S. The van der Waals surface area contributed by atoms with Crippen LogP contribution in [0.25, 0.3) is 0 Å². The maximum atomic E-state index is 11.5. The molecule has 2 aliphatic heterocycles. The molecule has 0 aromatic heterocycles. The molecule has 18 heavy (non-hydrogen) atoms. The Kier molecular flexibility index (Phi) is 4.64. The van der Waals surface area contributed by atoms with Gasteiger partial charge < -0.3 is 15.4 Å². The zero-order chi connectivity index (χ0) is 13.1. The standard InChI is InChI=1S/C12H24N2O3S/c1-12(4-2-7-17-12)10-13-5-3-11-9-18(15,16)8-6-14-11/h11,13-14H,2-10H2,1H3. The molecule has 0 aromatic carbocycles. The summed E-state index contributed by atoms with van der Waals surface area (Å²) in [6.07, 6.45) is 3.10. The van der Waals surface area contributed by atoms with Gasteiger partial charge >= 0.3 is 0 Å². The third kappa shape index (κ3) is 4.19. The monoisotopic (exact) mass is 276 g/mol. The van der Waals surface area contributed by atoms with Gasteiger partial charge in [-0.3, -0.25) is 0 Å². The average Bonchev–Trinajstić information content (AvgIpc) is 2.71. The minimum absolute atomic E-state index is 0.0218. The molecule has 0 bridgehead atoms. The van der Waals surface area contributed by atoms with Crippen molar-refractivity contribution in [2.75, 3.05) is 37.7 Å². The Hall–Kier alpha value is -0.170. The van der Waals surface area contributed by atoms with E-state index in [9.17, 15) is 8.42 Å². The molecule has 2 saturated heterocycles. The molecule has 5 nitrogen and oxygen atoms in total. The highest BCUT2D eigenvalue weighted by atomic mass is 32.2. The average molecular weight is 276 g/mol. The summed E-state index contributed by atoms with van der Waals surface area (Å²) >= 11 is 0. The van der Waals surface area contributed by atoms with Gasteiger partial charge in [0.25, 0.3) is 0 Å². The zero-order valence-electron chi connectivity index (χ0n) is 11.1. The number of rotatable bonds is 5. The molecule has 2 N–H and O–H groups in total. The second-order valence-corrected chi connectivity index (χ2v) is 7.86. The molecule has 0 spiro atoms. The minimum atomic E-state index is -2.81. The van der Waals surface area contributed by atoms with Crippen molar-refractivity contribution in [1.82, 2.24) is 10.6 Å². The number of nitrogens with one attached hydrogen (secondary N) is 2. The van der Waals surface area contributed by atoms with Crippen molar-refractivity contribution in [2.24, 2.45) is 0 Å². The fraction of sp³-hybridized carbons (Fsp3) is 1.00. The SMILES string of the molecule is CC1(CNCCC2CS(=O)(=O)CCN2)CCCO1. The van der Waals surface area contributed by atoms with E-state index in [0.717, 1.165) is 39.0 Å². The first kappa shape index (κ1) is 14.2. The molecule has 0 radical (unpaired) electrons. The van der Waals surface area contributed by atoms with Crippen LogP contribution in [0.15, 0.2) is 0 Å². The van der Waals surface area contributed by atoms with Crippen LogP contribution in [0.1, 0.15) is 26.2 Å². The first-order valence-electron chi connectivity index (χ1n) is 6.78. The zero-order valence-corrected chi connectivity index (χ0v) is 11.9. The third-order valence-electron chi connectivity index (χ3n) is 3.77. The molecular weight excluding hydrogens is 252 g/mol. The van der Waals surface area contributed by atoms with Crippen LogP contribution in [0.4, 0.5) is 0 Å². The predicted molar refractivity (Wildman–Crippen MR) is 71.5 cm³/mol. The second kappa shape index (κ2) is 5.86. The summed E-state index contributed by atoms with van der Waals surface area (Å²) in [5.74, 6) is 0.561. The first-order chi connectivity index (χ1) is 8.49. The second-order valence-electron chi connectivity index (χ2n) is 5.63. The number of hydrogen-bond donors (Lipinski definition) is 2. The van der Waals surface area contributed by atoms with E-state index >= 15 is 0 Å². The van der Waals surface area contributed by atoms with Gasteiger partial charge in [-0.05, 0) is 32.7 Å². The maximum Gasteiger partial charge on any atom is 0.153 e. The van der Waals surface area contributed by atoms with Crippen LogP contribution in [0.5, 0.6) is 0 Å². The largest absolute Gasteiger partial charge is 0.374 e. The lowest BCUT2D eigenvalue weighted by Crippen LogP contribution is -2.47. The van der Waals surface area contributed by atoms with Gasteiger partial charge in [-0.2, -0.15) is 0 Å². The van der Waals surface area contributed by atoms with Crippen molar-refractivity contribution in [3.8, 4) is 0 Å². The van der Waals surface area contributed by atoms with E-state index in [1.165, 1.54) is 0 Å². The van der Waals surface area contributed by atoms with Crippen molar-refractivity contribution in [3.63, 3.8) is 0 Å². The molecule has 2 aliphatic rings. The van der Waals surface area contributed by atoms with E-state index in [-0.39, 0.29) is 23.1 Å².